The van der Waals surface area contributed by atoms with E-state index in [4.69, 9.17) is 17.3 Å². The fourth-order valence-corrected chi connectivity index (χ4v) is 1.51. The van der Waals surface area contributed by atoms with E-state index in [1.165, 1.54) is 0 Å². The molecule has 3 N–H and O–H groups in total. The fraction of sp³-hybridized carbons (Fsp3) is 0.500. The Morgan fingerprint density at radius 3 is 1.68 bits per heavy atom. The summed E-state index contributed by atoms with van der Waals surface area (Å²) in [7, 11) is 0. The van der Waals surface area contributed by atoms with Gasteiger partial charge in [0.2, 0.25) is 11.2 Å². The Kier molecular flexibility index (Phi) is 13.9. The van der Waals surface area contributed by atoms with Crippen molar-refractivity contribution in [3.05, 3.63) is 39.0 Å². The van der Waals surface area contributed by atoms with Gasteiger partial charge < -0.3 is 11.1 Å². The van der Waals surface area contributed by atoms with Crippen LogP contribution >= 0.6 is 43.5 Å². The molecule has 9 heteroatoms. The smallest absolute Gasteiger partial charge is 0.222 e. The van der Waals surface area contributed by atoms with E-state index in [2.05, 4.69) is 77.9 Å². The van der Waals surface area contributed by atoms with Crippen LogP contribution in [0.4, 0.5) is 5.95 Å². The standard InChI is InChI=1S/C8H12BrN3.C4H2BrClN2.C4H11N/c1-3-6(2)12-8-10-4-7(9)5-11-8;5-3-1-7-4(6)8-2-3;1-3-4(2)5/h4-6H,3H2,1-2H3,(H,10,11,12);1-2H;4H,3,5H2,1-2H3. The molecule has 0 amide bonds. The number of anilines is 1. The van der Waals surface area contributed by atoms with Crippen LogP contribution in [0.25, 0.3) is 0 Å². The molecule has 0 saturated carbocycles. The number of nitrogens with two attached hydrogens (primary N) is 1. The normalized spacial score (nSPS) is 12.0. The highest BCUT2D eigenvalue weighted by Crippen LogP contribution is 2.08. The predicted octanol–water partition coefficient (Wildman–Crippen LogP) is 5.09. The van der Waals surface area contributed by atoms with Crippen LogP contribution in [0.2, 0.25) is 5.28 Å². The molecular weight excluding hydrogens is 471 g/mol. The quantitative estimate of drug-likeness (QED) is 0.574. The molecule has 140 valence electrons. The van der Waals surface area contributed by atoms with E-state index in [1.54, 1.807) is 24.8 Å². The van der Waals surface area contributed by atoms with Gasteiger partial charge in [0.25, 0.3) is 0 Å². The first-order valence-corrected chi connectivity index (χ1v) is 9.87. The number of aromatic nitrogens is 4. The fourth-order valence-electron chi connectivity index (χ4n) is 1.01. The Labute approximate surface area is 171 Å². The van der Waals surface area contributed by atoms with Crippen LogP contribution in [-0.4, -0.2) is 32.0 Å². The van der Waals surface area contributed by atoms with Gasteiger partial charge in [-0.2, -0.15) is 0 Å². The van der Waals surface area contributed by atoms with Crippen molar-refractivity contribution in [2.24, 2.45) is 5.73 Å². The monoisotopic (exact) mass is 494 g/mol. The zero-order valence-electron chi connectivity index (χ0n) is 14.9. The van der Waals surface area contributed by atoms with Crippen molar-refractivity contribution in [3.63, 3.8) is 0 Å². The van der Waals surface area contributed by atoms with E-state index in [9.17, 15) is 0 Å². The maximum atomic E-state index is 5.37. The van der Waals surface area contributed by atoms with Crippen LogP contribution in [-0.2, 0) is 0 Å². The lowest BCUT2D eigenvalue weighted by Crippen LogP contribution is -2.15. The Hall–Kier alpha value is -0.830. The van der Waals surface area contributed by atoms with Crippen LogP contribution in [0, 0.1) is 0 Å². The van der Waals surface area contributed by atoms with E-state index in [0.717, 1.165) is 21.8 Å². The summed E-state index contributed by atoms with van der Waals surface area (Å²) >= 11 is 11.8. The van der Waals surface area contributed by atoms with Crippen molar-refractivity contribution in [1.29, 1.82) is 0 Å². The second-order valence-corrected chi connectivity index (χ2v) is 7.40. The first-order chi connectivity index (χ1) is 11.8. The van der Waals surface area contributed by atoms with Crippen LogP contribution in [0.1, 0.15) is 40.5 Å². The Morgan fingerprint density at radius 2 is 1.36 bits per heavy atom. The number of nitrogens with zero attached hydrogens (tertiary/aromatic N) is 4. The van der Waals surface area contributed by atoms with E-state index in [0.29, 0.717) is 18.0 Å². The van der Waals surface area contributed by atoms with Gasteiger partial charge in [-0.15, -0.1) is 0 Å². The van der Waals surface area contributed by atoms with Gasteiger partial charge in [0.15, 0.2) is 0 Å². The average Bonchev–Trinajstić information content (AvgIpc) is 2.60. The molecule has 2 aromatic heterocycles. The minimum absolute atomic E-state index is 0.271. The van der Waals surface area contributed by atoms with Gasteiger partial charge in [-0.05, 0) is 70.1 Å². The number of hydrogen-bond donors (Lipinski definition) is 2. The molecule has 0 radical (unpaired) electrons. The molecule has 0 spiro atoms. The van der Waals surface area contributed by atoms with E-state index in [1.807, 2.05) is 6.92 Å². The molecule has 0 aliphatic rings. The minimum atomic E-state index is 0.271. The minimum Gasteiger partial charge on any atom is -0.352 e. The molecule has 6 nitrogen and oxygen atoms in total. The highest BCUT2D eigenvalue weighted by molar-refractivity contribution is 9.10. The zero-order valence-corrected chi connectivity index (χ0v) is 18.8. The van der Waals surface area contributed by atoms with Crippen LogP contribution in [0.15, 0.2) is 33.7 Å². The highest BCUT2D eigenvalue weighted by atomic mass is 79.9. The summed E-state index contributed by atoms with van der Waals surface area (Å²) in [6.07, 6.45) is 8.81. The Balaban J connectivity index is 0.000000382. The second kappa shape index (κ2) is 14.4. The number of hydrogen-bond acceptors (Lipinski definition) is 6. The molecule has 0 aliphatic carbocycles. The average molecular weight is 497 g/mol. The molecule has 2 atom stereocenters. The largest absolute Gasteiger partial charge is 0.352 e. The summed E-state index contributed by atoms with van der Waals surface area (Å²) in [6, 6.07) is 0.807. The van der Waals surface area contributed by atoms with Gasteiger partial charge in [0.05, 0.1) is 8.95 Å². The summed E-state index contributed by atoms with van der Waals surface area (Å²) in [5, 5.41) is 3.45. The molecule has 0 fully saturated rings. The lowest BCUT2D eigenvalue weighted by Gasteiger charge is -2.09. The van der Waals surface area contributed by atoms with Gasteiger partial charge in [0.1, 0.15) is 0 Å². The molecule has 0 aromatic carbocycles. The van der Waals surface area contributed by atoms with Crippen molar-refractivity contribution in [1.82, 2.24) is 19.9 Å². The molecule has 2 aromatic rings. The van der Waals surface area contributed by atoms with Gasteiger partial charge in [-0.25, -0.2) is 19.9 Å². The summed E-state index contributed by atoms with van der Waals surface area (Å²) in [5.41, 5.74) is 5.29. The molecular formula is C16H25Br2ClN6. The summed E-state index contributed by atoms with van der Waals surface area (Å²) in [4.78, 5) is 15.6. The molecule has 2 unspecified atom stereocenters. The summed E-state index contributed by atoms with van der Waals surface area (Å²) in [6.45, 7) is 8.30. The van der Waals surface area contributed by atoms with E-state index in [-0.39, 0.29) is 5.28 Å². The van der Waals surface area contributed by atoms with Gasteiger partial charge in [-0.3, -0.25) is 0 Å². The van der Waals surface area contributed by atoms with Crippen molar-refractivity contribution >= 4 is 49.4 Å². The van der Waals surface area contributed by atoms with Crippen LogP contribution < -0.4 is 11.1 Å². The number of rotatable bonds is 4. The third-order valence-electron chi connectivity index (χ3n) is 2.84. The Bertz CT molecular complexity index is 545. The van der Waals surface area contributed by atoms with Crippen LogP contribution in [0.3, 0.4) is 0 Å². The van der Waals surface area contributed by atoms with Gasteiger partial charge in [0, 0.05) is 36.9 Å². The topological polar surface area (TPSA) is 89.6 Å². The van der Waals surface area contributed by atoms with Gasteiger partial charge >= 0.3 is 0 Å². The molecule has 25 heavy (non-hydrogen) atoms. The van der Waals surface area contributed by atoms with Crippen molar-refractivity contribution in [2.45, 2.75) is 52.6 Å². The van der Waals surface area contributed by atoms with E-state index >= 15 is 0 Å². The van der Waals surface area contributed by atoms with Crippen LogP contribution in [0.5, 0.6) is 0 Å². The first kappa shape index (κ1) is 24.2. The third-order valence-corrected chi connectivity index (χ3v) is 3.86. The summed E-state index contributed by atoms with van der Waals surface area (Å²) in [5.74, 6) is 0.688. The third kappa shape index (κ3) is 14.1. The zero-order chi connectivity index (χ0) is 19.2. The first-order valence-electron chi connectivity index (χ1n) is 7.91. The van der Waals surface area contributed by atoms with E-state index < -0.39 is 0 Å². The summed E-state index contributed by atoms with van der Waals surface area (Å²) < 4.78 is 1.74. The maximum Gasteiger partial charge on any atom is 0.222 e. The van der Waals surface area contributed by atoms with Crippen molar-refractivity contribution < 1.29 is 0 Å². The molecule has 0 aliphatic heterocycles. The maximum absolute atomic E-state index is 5.37. The molecule has 2 rings (SSSR count). The SMILES string of the molecule is CCC(C)N.CCC(C)Nc1ncc(Br)cn1.Clc1ncc(Br)cn1. The second-order valence-electron chi connectivity index (χ2n) is 5.23. The Morgan fingerprint density at radius 1 is 0.960 bits per heavy atom. The molecule has 0 saturated heterocycles. The lowest BCUT2D eigenvalue weighted by molar-refractivity contribution is 0.715. The lowest BCUT2D eigenvalue weighted by atomic mass is 10.3. The highest BCUT2D eigenvalue weighted by Gasteiger charge is 1.99. The number of halogens is 3. The van der Waals surface area contributed by atoms with Crippen molar-refractivity contribution in [2.75, 3.05) is 5.32 Å². The van der Waals surface area contributed by atoms with Gasteiger partial charge in [-0.1, -0.05) is 13.8 Å². The molecule has 2 heterocycles. The predicted molar refractivity (Wildman–Crippen MR) is 112 cm³/mol. The number of nitrogens with one attached hydrogen (secondary N) is 1. The van der Waals surface area contributed by atoms with Crippen molar-refractivity contribution in [3.8, 4) is 0 Å². The molecule has 0 bridgehead atoms.